The highest BCUT2D eigenvalue weighted by atomic mass is 35.5. The van der Waals surface area contributed by atoms with Crippen LogP contribution in [0.4, 0.5) is 5.69 Å². The van der Waals surface area contributed by atoms with Gasteiger partial charge in [-0.05, 0) is 24.3 Å². The minimum atomic E-state index is -3.20. The van der Waals surface area contributed by atoms with E-state index in [1.807, 2.05) is 0 Å². The number of nitrogens with zero attached hydrogens (tertiary/aromatic N) is 1. The Hall–Kier alpha value is -1.86. The van der Waals surface area contributed by atoms with Gasteiger partial charge in [0.05, 0.1) is 11.9 Å². The lowest BCUT2D eigenvalue weighted by Crippen LogP contribution is -2.11. The van der Waals surface area contributed by atoms with Gasteiger partial charge in [0.1, 0.15) is 16.7 Å². The zero-order chi connectivity index (χ0) is 14.8. The number of nitrogens with one attached hydrogen (secondary N) is 1. The van der Waals surface area contributed by atoms with Crippen molar-refractivity contribution in [2.75, 3.05) is 11.6 Å². The Balaban J connectivity index is 2.08. The Morgan fingerprint density at radius 3 is 2.70 bits per heavy atom. The van der Waals surface area contributed by atoms with Crippen LogP contribution in [0.5, 0.6) is 0 Å². The SMILES string of the molecule is CS(=O)(=O)Cc1ccc(C(=O)Nc2ccc(Cl)nc2)o1. The van der Waals surface area contributed by atoms with Crippen LogP contribution < -0.4 is 5.32 Å². The van der Waals surface area contributed by atoms with Gasteiger partial charge in [-0.1, -0.05) is 11.6 Å². The van der Waals surface area contributed by atoms with Crippen LogP contribution in [-0.2, 0) is 15.6 Å². The van der Waals surface area contributed by atoms with E-state index in [9.17, 15) is 13.2 Å². The number of hydrogen-bond donors (Lipinski definition) is 1. The second-order valence-electron chi connectivity index (χ2n) is 4.16. The molecule has 2 aromatic rings. The fraction of sp³-hybridized carbons (Fsp3) is 0.167. The molecule has 0 atom stereocenters. The zero-order valence-electron chi connectivity index (χ0n) is 10.5. The van der Waals surface area contributed by atoms with Crippen molar-refractivity contribution in [1.82, 2.24) is 4.98 Å². The Morgan fingerprint density at radius 1 is 1.35 bits per heavy atom. The highest BCUT2D eigenvalue weighted by Gasteiger charge is 2.14. The van der Waals surface area contributed by atoms with Gasteiger partial charge in [-0.15, -0.1) is 0 Å². The van der Waals surface area contributed by atoms with Gasteiger partial charge in [-0.3, -0.25) is 4.79 Å². The molecule has 0 saturated heterocycles. The number of carbonyl (C=O) groups excluding carboxylic acids is 1. The van der Waals surface area contributed by atoms with Crippen molar-refractivity contribution < 1.29 is 17.6 Å². The molecule has 20 heavy (non-hydrogen) atoms. The molecule has 2 aromatic heterocycles. The van der Waals surface area contributed by atoms with E-state index in [0.29, 0.717) is 10.8 Å². The Kier molecular flexibility index (Phi) is 4.10. The molecular weight excluding hydrogens is 304 g/mol. The first-order valence-electron chi connectivity index (χ1n) is 5.53. The molecule has 0 aliphatic rings. The van der Waals surface area contributed by atoms with E-state index in [4.69, 9.17) is 16.0 Å². The molecule has 0 aromatic carbocycles. The van der Waals surface area contributed by atoms with Crippen LogP contribution in [0.3, 0.4) is 0 Å². The first kappa shape index (κ1) is 14.5. The van der Waals surface area contributed by atoms with Gasteiger partial charge in [0.25, 0.3) is 5.91 Å². The second-order valence-corrected chi connectivity index (χ2v) is 6.69. The molecule has 2 heterocycles. The number of hydrogen-bond acceptors (Lipinski definition) is 5. The van der Waals surface area contributed by atoms with Gasteiger partial charge >= 0.3 is 0 Å². The molecule has 0 unspecified atom stereocenters. The van der Waals surface area contributed by atoms with Crippen LogP contribution in [0.25, 0.3) is 0 Å². The molecule has 106 valence electrons. The maximum Gasteiger partial charge on any atom is 0.291 e. The molecule has 0 bridgehead atoms. The molecule has 0 aliphatic heterocycles. The highest BCUT2D eigenvalue weighted by molar-refractivity contribution is 7.89. The van der Waals surface area contributed by atoms with Crippen LogP contribution in [-0.4, -0.2) is 25.6 Å². The molecule has 0 aliphatic carbocycles. The summed E-state index contributed by atoms with van der Waals surface area (Å²) in [6.07, 6.45) is 2.50. The van der Waals surface area contributed by atoms with Crippen molar-refractivity contribution in [3.8, 4) is 0 Å². The number of amides is 1. The lowest BCUT2D eigenvalue weighted by atomic mass is 10.3. The molecule has 6 nitrogen and oxygen atoms in total. The number of aromatic nitrogens is 1. The molecular formula is C12H11ClN2O4S. The molecule has 1 N–H and O–H groups in total. The summed E-state index contributed by atoms with van der Waals surface area (Å²) >= 11 is 5.63. The van der Waals surface area contributed by atoms with Crippen molar-refractivity contribution in [3.63, 3.8) is 0 Å². The van der Waals surface area contributed by atoms with Crippen LogP contribution >= 0.6 is 11.6 Å². The van der Waals surface area contributed by atoms with E-state index < -0.39 is 15.7 Å². The molecule has 0 spiro atoms. The van der Waals surface area contributed by atoms with Crippen molar-refractivity contribution in [2.45, 2.75) is 5.75 Å². The summed E-state index contributed by atoms with van der Waals surface area (Å²) in [7, 11) is -3.20. The lowest BCUT2D eigenvalue weighted by Gasteiger charge is -2.02. The number of rotatable bonds is 4. The van der Waals surface area contributed by atoms with Gasteiger partial charge in [-0.2, -0.15) is 0 Å². The molecule has 8 heteroatoms. The van der Waals surface area contributed by atoms with Crippen molar-refractivity contribution in [3.05, 3.63) is 47.1 Å². The van der Waals surface area contributed by atoms with E-state index in [1.54, 1.807) is 6.07 Å². The quantitative estimate of drug-likeness (QED) is 0.873. The fourth-order valence-corrected chi connectivity index (χ4v) is 2.26. The predicted molar refractivity (Wildman–Crippen MR) is 74.5 cm³/mol. The summed E-state index contributed by atoms with van der Waals surface area (Å²) in [5, 5.41) is 2.87. The van der Waals surface area contributed by atoms with Gasteiger partial charge in [-0.25, -0.2) is 13.4 Å². The van der Waals surface area contributed by atoms with E-state index in [2.05, 4.69) is 10.3 Å². The van der Waals surface area contributed by atoms with E-state index in [1.165, 1.54) is 24.4 Å². The monoisotopic (exact) mass is 314 g/mol. The summed E-state index contributed by atoms with van der Waals surface area (Å²) in [5.74, 6) is -0.498. The molecule has 0 fully saturated rings. The molecule has 0 radical (unpaired) electrons. The topological polar surface area (TPSA) is 89.3 Å². The number of anilines is 1. The second kappa shape index (κ2) is 5.64. The summed E-state index contributed by atoms with van der Waals surface area (Å²) in [4.78, 5) is 15.7. The average Bonchev–Trinajstić information content (AvgIpc) is 2.78. The summed E-state index contributed by atoms with van der Waals surface area (Å²) in [5.41, 5.74) is 0.459. The van der Waals surface area contributed by atoms with Gasteiger partial charge in [0, 0.05) is 6.26 Å². The predicted octanol–water partition coefficient (Wildman–Crippen LogP) is 2.12. The Bertz CT molecular complexity index is 722. The van der Waals surface area contributed by atoms with Crippen molar-refractivity contribution in [2.24, 2.45) is 0 Å². The van der Waals surface area contributed by atoms with Gasteiger partial charge in [0.2, 0.25) is 0 Å². The molecule has 1 amide bonds. The maximum absolute atomic E-state index is 11.9. The number of halogens is 1. The van der Waals surface area contributed by atoms with E-state index in [0.717, 1.165) is 6.26 Å². The van der Waals surface area contributed by atoms with Gasteiger partial charge in [0.15, 0.2) is 15.6 Å². The van der Waals surface area contributed by atoms with E-state index >= 15 is 0 Å². The smallest absolute Gasteiger partial charge is 0.291 e. The van der Waals surface area contributed by atoms with Crippen molar-refractivity contribution >= 4 is 33.0 Å². The standard InChI is InChI=1S/C12H11ClN2O4S/c1-20(17,18)7-9-3-4-10(19-9)12(16)15-8-2-5-11(13)14-6-8/h2-6H,7H2,1H3,(H,15,16). The Morgan fingerprint density at radius 2 is 2.10 bits per heavy atom. The summed E-state index contributed by atoms with van der Waals surface area (Å²) < 4.78 is 27.4. The Labute approximate surface area is 120 Å². The lowest BCUT2D eigenvalue weighted by molar-refractivity contribution is 0.0995. The minimum absolute atomic E-state index is 0.0265. The first-order valence-corrected chi connectivity index (χ1v) is 7.97. The third kappa shape index (κ3) is 4.07. The minimum Gasteiger partial charge on any atom is -0.455 e. The van der Waals surface area contributed by atoms with E-state index in [-0.39, 0.29) is 17.3 Å². The number of furan rings is 1. The summed E-state index contributed by atoms with van der Waals surface area (Å²) in [6, 6.07) is 6.00. The molecule has 2 rings (SSSR count). The highest BCUT2D eigenvalue weighted by Crippen LogP contribution is 2.14. The van der Waals surface area contributed by atoms with Crippen LogP contribution in [0, 0.1) is 0 Å². The normalized spacial score (nSPS) is 11.3. The largest absolute Gasteiger partial charge is 0.455 e. The van der Waals surface area contributed by atoms with Crippen LogP contribution in [0.15, 0.2) is 34.9 Å². The number of carbonyl (C=O) groups is 1. The molecule has 0 saturated carbocycles. The van der Waals surface area contributed by atoms with Crippen LogP contribution in [0.2, 0.25) is 5.15 Å². The fourth-order valence-electron chi connectivity index (χ4n) is 1.48. The van der Waals surface area contributed by atoms with Crippen LogP contribution in [0.1, 0.15) is 16.3 Å². The zero-order valence-corrected chi connectivity index (χ0v) is 12.0. The maximum atomic E-state index is 11.9. The average molecular weight is 315 g/mol. The summed E-state index contributed by atoms with van der Waals surface area (Å²) in [6.45, 7) is 0. The third-order valence-corrected chi connectivity index (χ3v) is 3.31. The van der Waals surface area contributed by atoms with Gasteiger partial charge < -0.3 is 9.73 Å². The number of sulfone groups is 1. The third-order valence-electron chi connectivity index (χ3n) is 2.28. The first-order chi connectivity index (χ1) is 9.33. The number of pyridine rings is 1. The van der Waals surface area contributed by atoms with Crippen molar-refractivity contribution in [1.29, 1.82) is 0 Å².